The summed E-state index contributed by atoms with van der Waals surface area (Å²) >= 11 is 0. The Hall–Kier alpha value is -2.07. The standard InChI is InChI=1S/C13H12O4/c1-17-11-5-4-8-6-10(12(14)13(15)16)3-2-9(8)7-11/h2-7,12,14H,1H3,(H,15,16). The van der Waals surface area contributed by atoms with Crippen molar-refractivity contribution in [3.8, 4) is 5.75 Å². The van der Waals surface area contributed by atoms with Crippen LogP contribution < -0.4 is 4.74 Å². The number of carboxylic acids is 1. The Morgan fingerprint density at radius 1 is 1.18 bits per heavy atom. The van der Waals surface area contributed by atoms with Gasteiger partial charge in [-0.3, -0.25) is 0 Å². The number of ether oxygens (including phenoxy) is 1. The number of hydrogen-bond acceptors (Lipinski definition) is 3. The van der Waals surface area contributed by atoms with Crippen LogP contribution >= 0.6 is 0 Å². The molecule has 2 aromatic rings. The SMILES string of the molecule is COc1ccc2cc(C(O)C(=O)O)ccc2c1. The van der Waals surface area contributed by atoms with E-state index in [2.05, 4.69) is 0 Å². The Bertz CT molecular complexity index is 562. The number of aliphatic carboxylic acids is 1. The average Bonchev–Trinajstić information content (AvgIpc) is 2.36. The van der Waals surface area contributed by atoms with Crippen LogP contribution in [0.25, 0.3) is 10.8 Å². The molecule has 0 saturated heterocycles. The van der Waals surface area contributed by atoms with Crippen LogP contribution in [0.3, 0.4) is 0 Å². The number of benzene rings is 2. The summed E-state index contributed by atoms with van der Waals surface area (Å²) in [6.07, 6.45) is -1.48. The minimum Gasteiger partial charge on any atom is -0.497 e. The first-order valence-corrected chi connectivity index (χ1v) is 5.10. The summed E-state index contributed by atoms with van der Waals surface area (Å²) in [5.41, 5.74) is 0.371. The van der Waals surface area contributed by atoms with Gasteiger partial charge in [-0.2, -0.15) is 0 Å². The van der Waals surface area contributed by atoms with Crippen LogP contribution in [0.4, 0.5) is 0 Å². The maximum atomic E-state index is 10.7. The molecule has 2 N–H and O–H groups in total. The highest BCUT2D eigenvalue weighted by Crippen LogP contribution is 2.24. The van der Waals surface area contributed by atoms with E-state index < -0.39 is 12.1 Å². The van der Waals surface area contributed by atoms with E-state index in [0.717, 1.165) is 16.5 Å². The van der Waals surface area contributed by atoms with Crippen LogP contribution in [-0.4, -0.2) is 23.3 Å². The highest BCUT2D eigenvalue weighted by atomic mass is 16.5. The lowest BCUT2D eigenvalue weighted by atomic mass is 10.0. The summed E-state index contributed by atoms with van der Waals surface area (Å²) < 4.78 is 5.09. The lowest BCUT2D eigenvalue weighted by molar-refractivity contribution is -0.146. The van der Waals surface area contributed by atoms with Gasteiger partial charge in [-0.25, -0.2) is 4.79 Å². The number of carboxylic acid groups (broad SMARTS) is 1. The summed E-state index contributed by atoms with van der Waals surface area (Å²) in [7, 11) is 1.59. The lowest BCUT2D eigenvalue weighted by Gasteiger charge is -2.08. The summed E-state index contributed by atoms with van der Waals surface area (Å²) in [5, 5.41) is 20.0. The Morgan fingerprint density at radius 3 is 2.47 bits per heavy atom. The molecule has 2 aromatic carbocycles. The van der Waals surface area contributed by atoms with E-state index in [1.807, 2.05) is 12.1 Å². The zero-order valence-corrected chi connectivity index (χ0v) is 9.25. The molecule has 0 amide bonds. The predicted molar refractivity (Wildman–Crippen MR) is 63.1 cm³/mol. The average molecular weight is 232 g/mol. The minimum absolute atomic E-state index is 0.371. The first-order chi connectivity index (χ1) is 8.11. The molecular weight excluding hydrogens is 220 g/mol. The van der Waals surface area contributed by atoms with Crippen molar-refractivity contribution < 1.29 is 19.7 Å². The van der Waals surface area contributed by atoms with Crippen LogP contribution in [0, 0.1) is 0 Å². The molecule has 0 fully saturated rings. The zero-order chi connectivity index (χ0) is 12.4. The van der Waals surface area contributed by atoms with Gasteiger partial charge < -0.3 is 14.9 Å². The second-order valence-electron chi connectivity index (χ2n) is 3.71. The van der Waals surface area contributed by atoms with Gasteiger partial charge in [-0.15, -0.1) is 0 Å². The van der Waals surface area contributed by atoms with Gasteiger partial charge >= 0.3 is 5.97 Å². The van der Waals surface area contributed by atoms with Crippen molar-refractivity contribution in [3.05, 3.63) is 42.0 Å². The molecule has 0 spiro atoms. The predicted octanol–water partition coefficient (Wildman–Crippen LogP) is 1.97. The van der Waals surface area contributed by atoms with Crippen LogP contribution in [-0.2, 0) is 4.79 Å². The molecule has 4 nitrogen and oxygen atoms in total. The molecule has 17 heavy (non-hydrogen) atoms. The summed E-state index contributed by atoms with van der Waals surface area (Å²) in [6.45, 7) is 0. The fraction of sp³-hybridized carbons (Fsp3) is 0.154. The Morgan fingerprint density at radius 2 is 1.82 bits per heavy atom. The number of carbonyl (C=O) groups is 1. The van der Waals surface area contributed by atoms with Crippen LogP contribution in [0.15, 0.2) is 36.4 Å². The maximum absolute atomic E-state index is 10.7. The highest BCUT2D eigenvalue weighted by Gasteiger charge is 2.15. The van der Waals surface area contributed by atoms with Crippen molar-refractivity contribution >= 4 is 16.7 Å². The van der Waals surface area contributed by atoms with E-state index in [-0.39, 0.29) is 0 Å². The Labute approximate surface area is 98.1 Å². The molecule has 0 saturated carbocycles. The fourth-order valence-corrected chi connectivity index (χ4v) is 1.68. The van der Waals surface area contributed by atoms with Crippen molar-refractivity contribution in [3.63, 3.8) is 0 Å². The van der Waals surface area contributed by atoms with E-state index in [1.54, 1.807) is 31.4 Å². The normalized spacial score (nSPS) is 12.4. The van der Waals surface area contributed by atoms with E-state index >= 15 is 0 Å². The van der Waals surface area contributed by atoms with Gasteiger partial charge in [0, 0.05) is 0 Å². The molecule has 4 heteroatoms. The van der Waals surface area contributed by atoms with Crippen molar-refractivity contribution in [1.82, 2.24) is 0 Å². The van der Waals surface area contributed by atoms with Gasteiger partial charge in [0.2, 0.25) is 0 Å². The van der Waals surface area contributed by atoms with E-state index in [0.29, 0.717) is 5.56 Å². The molecule has 0 heterocycles. The molecule has 1 atom stereocenters. The zero-order valence-electron chi connectivity index (χ0n) is 9.25. The third-order valence-corrected chi connectivity index (χ3v) is 2.62. The third-order valence-electron chi connectivity index (χ3n) is 2.62. The van der Waals surface area contributed by atoms with E-state index in [9.17, 15) is 9.90 Å². The molecule has 1 unspecified atom stereocenters. The van der Waals surface area contributed by atoms with Crippen molar-refractivity contribution in [2.45, 2.75) is 6.10 Å². The molecular formula is C13H12O4. The first-order valence-electron chi connectivity index (χ1n) is 5.10. The molecule has 0 aliphatic heterocycles. The minimum atomic E-state index is -1.48. The summed E-state index contributed by atoms with van der Waals surface area (Å²) in [6, 6.07) is 10.5. The Kier molecular flexibility index (Phi) is 2.97. The van der Waals surface area contributed by atoms with Crippen LogP contribution in [0.2, 0.25) is 0 Å². The number of hydrogen-bond donors (Lipinski definition) is 2. The molecule has 0 aliphatic carbocycles. The number of fused-ring (bicyclic) bond motifs is 1. The largest absolute Gasteiger partial charge is 0.497 e. The number of aliphatic hydroxyl groups is 1. The van der Waals surface area contributed by atoms with Gasteiger partial charge in [-0.05, 0) is 34.5 Å². The number of methoxy groups -OCH3 is 1. The second-order valence-corrected chi connectivity index (χ2v) is 3.71. The lowest BCUT2D eigenvalue weighted by Crippen LogP contribution is -2.10. The van der Waals surface area contributed by atoms with Gasteiger partial charge in [0.25, 0.3) is 0 Å². The summed E-state index contributed by atoms with van der Waals surface area (Å²) in [4.78, 5) is 10.7. The first kappa shape index (κ1) is 11.4. The quantitative estimate of drug-likeness (QED) is 0.849. The van der Waals surface area contributed by atoms with Crippen LogP contribution in [0.5, 0.6) is 5.75 Å². The monoisotopic (exact) mass is 232 g/mol. The van der Waals surface area contributed by atoms with Crippen molar-refractivity contribution in [2.75, 3.05) is 7.11 Å². The number of aliphatic hydroxyl groups excluding tert-OH is 1. The third kappa shape index (κ3) is 2.21. The van der Waals surface area contributed by atoms with Gasteiger partial charge in [0.1, 0.15) is 5.75 Å². The van der Waals surface area contributed by atoms with E-state index in [1.165, 1.54) is 0 Å². The maximum Gasteiger partial charge on any atom is 0.337 e. The smallest absolute Gasteiger partial charge is 0.337 e. The number of rotatable bonds is 3. The van der Waals surface area contributed by atoms with Crippen LogP contribution in [0.1, 0.15) is 11.7 Å². The topological polar surface area (TPSA) is 66.8 Å². The van der Waals surface area contributed by atoms with Gasteiger partial charge in [0.15, 0.2) is 6.10 Å². The Balaban J connectivity index is 2.48. The molecule has 0 aromatic heterocycles. The molecule has 0 bridgehead atoms. The van der Waals surface area contributed by atoms with Crippen molar-refractivity contribution in [2.24, 2.45) is 0 Å². The molecule has 2 rings (SSSR count). The van der Waals surface area contributed by atoms with Gasteiger partial charge in [0.05, 0.1) is 7.11 Å². The van der Waals surface area contributed by atoms with Crippen molar-refractivity contribution in [1.29, 1.82) is 0 Å². The molecule has 0 aliphatic rings. The van der Waals surface area contributed by atoms with Gasteiger partial charge in [-0.1, -0.05) is 18.2 Å². The highest BCUT2D eigenvalue weighted by molar-refractivity contribution is 5.86. The van der Waals surface area contributed by atoms with E-state index in [4.69, 9.17) is 9.84 Å². The summed E-state index contributed by atoms with van der Waals surface area (Å²) in [5.74, 6) is -0.512. The second kappa shape index (κ2) is 4.43. The fourth-order valence-electron chi connectivity index (χ4n) is 1.68. The molecule has 88 valence electrons. The molecule has 0 radical (unpaired) electrons.